The molecular formula is C23H27N3O6S. The molecule has 2 aromatic carbocycles. The summed E-state index contributed by atoms with van der Waals surface area (Å²) in [4.78, 5) is 26.8. The second-order valence-electron chi connectivity index (χ2n) is 7.39. The maximum Gasteiger partial charge on any atom is 0.265 e. The highest BCUT2D eigenvalue weighted by atomic mass is 32.2. The molecule has 2 aromatic rings. The predicted molar refractivity (Wildman–Crippen MR) is 124 cm³/mol. The Morgan fingerprint density at radius 1 is 1.15 bits per heavy atom. The quantitative estimate of drug-likeness (QED) is 0.541. The van der Waals surface area contributed by atoms with Crippen LogP contribution in [-0.2, 0) is 14.8 Å². The van der Waals surface area contributed by atoms with E-state index in [0.29, 0.717) is 30.8 Å². The fraction of sp³-hybridized carbons (Fsp3) is 0.304. The number of carbonyl (C=O) groups excluding carboxylic acids is 2. The van der Waals surface area contributed by atoms with Gasteiger partial charge in [-0.15, -0.1) is 6.58 Å². The summed E-state index contributed by atoms with van der Waals surface area (Å²) in [5, 5.41) is 2.73. The normalized spacial score (nSPS) is 15.6. The van der Waals surface area contributed by atoms with Gasteiger partial charge in [0.15, 0.2) is 0 Å². The zero-order valence-corrected chi connectivity index (χ0v) is 19.4. The maximum atomic E-state index is 13.0. The van der Waals surface area contributed by atoms with Gasteiger partial charge in [0, 0.05) is 30.4 Å². The van der Waals surface area contributed by atoms with E-state index in [1.807, 2.05) is 0 Å². The zero-order chi connectivity index (χ0) is 24.0. The number of benzene rings is 2. The van der Waals surface area contributed by atoms with Gasteiger partial charge < -0.3 is 19.7 Å². The average molecular weight is 474 g/mol. The molecule has 0 unspecified atom stereocenters. The van der Waals surface area contributed by atoms with Crippen molar-refractivity contribution in [2.45, 2.75) is 23.8 Å². The minimum absolute atomic E-state index is 0.0741. The van der Waals surface area contributed by atoms with E-state index in [1.165, 1.54) is 50.6 Å². The Balaban J connectivity index is 1.76. The number of ether oxygens (including phenoxy) is 2. The molecule has 2 amide bonds. The number of methoxy groups -OCH3 is 2. The molecule has 0 spiro atoms. The van der Waals surface area contributed by atoms with Crippen molar-refractivity contribution < 1.29 is 27.5 Å². The molecule has 1 heterocycles. The summed E-state index contributed by atoms with van der Waals surface area (Å²) in [5.41, 5.74) is 0.637. The van der Waals surface area contributed by atoms with Gasteiger partial charge in [-0.2, -0.15) is 0 Å². The molecule has 1 fully saturated rings. The largest absolute Gasteiger partial charge is 0.497 e. The lowest BCUT2D eigenvalue weighted by Crippen LogP contribution is -2.46. The Morgan fingerprint density at radius 2 is 1.88 bits per heavy atom. The summed E-state index contributed by atoms with van der Waals surface area (Å²) < 4.78 is 38.6. The highest BCUT2D eigenvalue weighted by Crippen LogP contribution is 2.30. The van der Waals surface area contributed by atoms with Crippen LogP contribution in [0.3, 0.4) is 0 Å². The average Bonchev–Trinajstić information content (AvgIpc) is 3.32. The van der Waals surface area contributed by atoms with Gasteiger partial charge in [-0.1, -0.05) is 6.08 Å². The minimum atomic E-state index is -3.98. The summed E-state index contributed by atoms with van der Waals surface area (Å²) in [6.07, 6.45) is 2.91. The number of nitrogens with one attached hydrogen (secondary N) is 2. The number of nitrogens with zero attached hydrogens (tertiary/aromatic N) is 1. The van der Waals surface area contributed by atoms with Crippen LogP contribution >= 0.6 is 0 Å². The topological polar surface area (TPSA) is 114 Å². The summed E-state index contributed by atoms with van der Waals surface area (Å²) >= 11 is 0. The van der Waals surface area contributed by atoms with E-state index in [-0.39, 0.29) is 28.1 Å². The molecule has 0 aliphatic carbocycles. The van der Waals surface area contributed by atoms with Crippen molar-refractivity contribution in [2.75, 3.05) is 32.0 Å². The van der Waals surface area contributed by atoms with Crippen LogP contribution in [0.1, 0.15) is 23.2 Å². The SMILES string of the molecule is C=CCNC(=O)[C@H]1CCCN1C(=O)c1ccc(NS(=O)(=O)c2cc(OC)ccc2OC)cc1. The first-order valence-electron chi connectivity index (χ1n) is 10.3. The van der Waals surface area contributed by atoms with Crippen molar-refractivity contribution >= 4 is 27.5 Å². The van der Waals surface area contributed by atoms with Crippen LogP contribution in [0.2, 0.25) is 0 Å². The Kier molecular flexibility index (Phi) is 7.59. The fourth-order valence-electron chi connectivity index (χ4n) is 3.62. The van der Waals surface area contributed by atoms with E-state index in [2.05, 4.69) is 16.6 Å². The molecule has 1 aliphatic rings. The second kappa shape index (κ2) is 10.4. The molecule has 2 N–H and O–H groups in total. The second-order valence-corrected chi connectivity index (χ2v) is 9.04. The first kappa shape index (κ1) is 24.1. The lowest BCUT2D eigenvalue weighted by Gasteiger charge is -2.24. The summed E-state index contributed by atoms with van der Waals surface area (Å²) in [6, 6.07) is 10.00. The molecule has 1 atom stereocenters. The number of rotatable bonds is 9. The molecule has 0 bridgehead atoms. The lowest BCUT2D eigenvalue weighted by molar-refractivity contribution is -0.124. The van der Waals surface area contributed by atoms with Crippen molar-refractivity contribution in [3.8, 4) is 11.5 Å². The third-order valence-electron chi connectivity index (χ3n) is 5.28. The van der Waals surface area contributed by atoms with Crippen LogP contribution in [0.15, 0.2) is 60.0 Å². The predicted octanol–water partition coefficient (Wildman–Crippen LogP) is 2.41. The standard InChI is InChI=1S/C23H27N3O6S/c1-4-13-24-22(27)19-6-5-14-26(19)23(28)16-7-9-17(10-8-16)25-33(29,30)21-15-18(31-2)11-12-20(21)32-3/h4,7-12,15,19,25H,1,5-6,13-14H2,2-3H3,(H,24,27)/t19-/m1/s1. The van der Waals surface area contributed by atoms with E-state index >= 15 is 0 Å². The van der Waals surface area contributed by atoms with Gasteiger partial charge in [0.05, 0.1) is 14.2 Å². The van der Waals surface area contributed by atoms with E-state index in [4.69, 9.17) is 9.47 Å². The number of amides is 2. The first-order chi connectivity index (χ1) is 15.8. The van der Waals surface area contributed by atoms with Crippen molar-refractivity contribution in [1.82, 2.24) is 10.2 Å². The van der Waals surface area contributed by atoms with Gasteiger partial charge in [-0.05, 0) is 49.2 Å². The third-order valence-corrected chi connectivity index (χ3v) is 6.68. The maximum absolute atomic E-state index is 13.0. The molecule has 0 saturated carbocycles. The smallest absolute Gasteiger partial charge is 0.265 e. The number of carbonyl (C=O) groups is 2. The van der Waals surface area contributed by atoms with Crippen molar-refractivity contribution in [3.05, 3.63) is 60.7 Å². The summed E-state index contributed by atoms with van der Waals surface area (Å²) in [5.74, 6) is 0.0480. The zero-order valence-electron chi connectivity index (χ0n) is 18.5. The van der Waals surface area contributed by atoms with E-state index in [9.17, 15) is 18.0 Å². The van der Waals surface area contributed by atoms with Crippen molar-refractivity contribution in [1.29, 1.82) is 0 Å². The number of hydrogen-bond acceptors (Lipinski definition) is 6. The van der Waals surface area contributed by atoms with Crippen LogP contribution < -0.4 is 19.5 Å². The van der Waals surface area contributed by atoms with Gasteiger partial charge >= 0.3 is 0 Å². The Bertz CT molecular complexity index is 1130. The fourth-order valence-corrected chi connectivity index (χ4v) is 4.87. The number of anilines is 1. The minimum Gasteiger partial charge on any atom is -0.497 e. The monoisotopic (exact) mass is 473 g/mol. The summed E-state index contributed by atoms with van der Waals surface area (Å²) in [7, 11) is -1.16. The molecule has 1 aliphatic heterocycles. The van der Waals surface area contributed by atoms with Gasteiger partial charge in [0.2, 0.25) is 5.91 Å². The van der Waals surface area contributed by atoms with Gasteiger partial charge in [-0.3, -0.25) is 14.3 Å². The van der Waals surface area contributed by atoms with Crippen LogP contribution in [0.25, 0.3) is 0 Å². The Labute approximate surface area is 193 Å². The van der Waals surface area contributed by atoms with Crippen molar-refractivity contribution in [2.24, 2.45) is 0 Å². The van der Waals surface area contributed by atoms with Crippen LogP contribution in [0, 0.1) is 0 Å². The molecule has 0 aromatic heterocycles. The van der Waals surface area contributed by atoms with Gasteiger partial charge in [-0.25, -0.2) is 8.42 Å². The molecule has 176 valence electrons. The Hall–Kier alpha value is -3.53. The summed E-state index contributed by atoms with van der Waals surface area (Å²) in [6.45, 7) is 4.39. The lowest BCUT2D eigenvalue weighted by atomic mass is 10.1. The molecule has 9 nitrogen and oxygen atoms in total. The Morgan fingerprint density at radius 3 is 2.52 bits per heavy atom. The molecule has 33 heavy (non-hydrogen) atoms. The van der Waals surface area contributed by atoms with Crippen LogP contribution in [-0.4, -0.2) is 58.5 Å². The van der Waals surface area contributed by atoms with Crippen LogP contribution in [0.4, 0.5) is 5.69 Å². The number of hydrogen-bond donors (Lipinski definition) is 2. The molecule has 10 heteroatoms. The van der Waals surface area contributed by atoms with Gasteiger partial charge in [0.25, 0.3) is 15.9 Å². The number of sulfonamides is 1. The highest BCUT2D eigenvalue weighted by molar-refractivity contribution is 7.92. The van der Waals surface area contributed by atoms with Crippen LogP contribution in [0.5, 0.6) is 11.5 Å². The van der Waals surface area contributed by atoms with Gasteiger partial charge in [0.1, 0.15) is 22.4 Å². The highest BCUT2D eigenvalue weighted by Gasteiger charge is 2.34. The third kappa shape index (κ3) is 5.46. The van der Waals surface area contributed by atoms with E-state index < -0.39 is 16.1 Å². The number of likely N-dealkylation sites (tertiary alicyclic amines) is 1. The van der Waals surface area contributed by atoms with Crippen molar-refractivity contribution in [3.63, 3.8) is 0 Å². The molecular weight excluding hydrogens is 446 g/mol. The first-order valence-corrected chi connectivity index (χ1v) is 11.8. The molecule has 3 rings (SSSR count). The molecule has 1 saturated heterocycles. The molecule has 0 radical (unpaired) electrons. The van der Waals surface area contributed by atoms with E-state index in [1.54, 1.807) is 17.0 Å². The van der Waals surface area contributed by atoms with E-state index in [0.717, 1.165) is 6.42 Å².